The smallest absolute Gasteiger partial charge is 0.349 e. The van der Waals surface area contributed by atoms with Crippen molar-refractivity contribution in [3.05, 3.63) is 46.3 Å². The number of carbonyl (C=O) groups excluding carboxylic acids is 1. The summed E-state index contributed by atoms with van der Waals surface area (Å²) < 4.78 is 5.13. The molecule has 0 radical (unpaired) electrons. The van der Waals surface area contributed by atoms with Gasteiger partial charge in [-0.2, -0.15) is 0 Å². The summed E-state index contributed by atoms with van der Waals surface area (Å²) >= 11 is 0. The summed E-state index contributed by atoms with van der Waals surface area (Å²) in [6.07, 6.45) is 0.640. The second-order valence-corrected chi connectivity index (χ2v) is 5.47. The number of nitrogens with one attached hydrogen (secondary N) is 1. The highest BCUT2D eigenvalue weighted by molar-refractivity contribution is 5.96. The van der Waals surface area contributed by atoms with E-state index in [-0.39, 0.29) is 18.2 Å². The first-order valence-corrected chi connectivity index (χ1v) is 6.96. The van der Waals surface area contributed by atoms with Crippen molar-refractivity contribution in [1.29, 1.82) is 0 Å². The van der Waals surface area contributed by atoms with Gasteiger partial charge in [0.2, 0.25) is 0 Å². The monoisotopic (exact) mass is 289 g/mol. The van der Waals surface area contributed by atoms with Crippen molar-refractivity contribution in [1.82, 2.24) is 5.32 Å². The van der Waals surface area contributed by atoms with Gasteiger partial charge in [0.05, 0.1) is 12.6 Å². The number of amides is 1. The molecule has 5 heteroatoms. The van der Waals surface area contributed by atoms with Gasteiger partial charge < -0.3 is 14.8 Å². The van der Waals surface area contributed by atoms with Crippen LogP contribution in [0.3, 0.4) is 0 Å². The average Bonchev–Trinajstić information content (AvgIpc) is 2.45. The highest BCUT2D eigenvalue weighted by Gasteiger charge is 2.18. The van der Waals surface area contributed by atoms with Crippen molar-refractivity contribution in [2.45, 2.75) is 26.3 Å². The topological polar surface area (TPSA) is 79.5 Å². The van der Waals surface area contributed by atoms with Crippen LogP contribution >= 0.6 is 0 Å². The van der Waals surface area contributed by atoms with Gasteiger partial charge in [0.25, 0.3) is 5.91 Å². The number of rotatable bonds is 5. The molecule has 1 atom stereocenters. The summed E-state index contributed by atoms with van der Waals surface area (Å²) in [7, 11) is 0. The molecular weight excluding hydrogens is 270 g/mol. The number of aliphatic hydroxyl groups is 1. The number of para-hydroxylation sites is 1. The lowest BCUT2D eigenvalue weighted by atomic mass is 10.0. The highest BCUT2D eigenvalue weighted by atomic mass is 16.4. The maximum atomic E-state index is 12.2. The molecule has 1 aromatic heterocycles. The van der Waals surface area contributed by atoms with Crippen molar-refractivity contribution >= 4 is 16.9 Å². The van der Waals surface area contributed by atoms with Gasteiger partial charge in [0, 0.05) is 5.39 Å². The molecule has 1 aromatic carbocycles. The highest BCUT2D eigenvalue weighted by Crippen LogP contribution is 2.13. The Balaban J connectivity index is 2.26. The van der Waals surface area contributed by atoms with Crippen LogP contribution in [0.15, 0.2) is 39.5 Å². The van der Waals surface area contributed by atoms with E-state index in [9.17, 15) is 14.7 Å². The second-order valence-electron chi connectivity index (χ2n) is 5.47. The van der Waals surface area contributed by atoms with Crippen molar-refractivity contribution in [3.8, 4) is 0 Å². The van der Waals surface area contributed by atoms with E-state index in [1.165, 1.54) is 6.07 Å². The van der Waals surface area contributed by atoms with Gasteiger partial charge in [-0.05, 0) is 24.5 Å². The van der Waals surface area contributed by atoms with Crippen LogP contribution in [0.25, 0.3) is 11.0 Å². The fourth-order valence-corrected chi connectivity index (χ4v) is 2.23. The molecule has 5 nitrogen and oxygen atoms in total. The van der Waals surface area contributed by atoms with Crippen LogP contribution in [-0.2, 0) is 0 Å². The van der Waals surface area contributed by atoms with Crippen LogP contribution in [0.2, 0.25) is 0 Å². The molecule has 1 amide bonds. The standard InChI is InChI=1S/C16H19NO4/c1-10(2)7-12(9-18)17-15(19)13-8-11-5-3-4-6-14(11)21-16(13)20/h3-6,8,10,12,18H,7,9H2,1-2H3,(H,17,19). The Hall–Kier alpha value is -2.14. The van der Waals surface area contributed by atoms with Gasteiger partial charge in [-0.25, -0.2) is 4.79 Å². The minimum Gasteiger partial charge on any atom is -0.422 e. The van der Waals surface area contributed by atoms with Gasteiger partial charge in [0.1, 0.15) is 11.1 Å². The second kappa shape index (κ2) is 6.54. The first kappa shape index (κ1) is 15.3. The number of hydrogen-bond acceptors (Lipinski definition) is 4. The Morgan fingerprint density at radius 1 is 1.33 bits per heavy atom. The molecule has 0 saturated carbocycles. The fraction of sp³-hybridized carbons (Fsp3) is 0.375. The Labute approximate surface area is 122 Å². The molecule has 0 saturated heterocycles. The first-order chi connectivity index (χ1) is 10.0. The van der Waals surface area contributed by atoms with Crippen LogP contribution in [0.1, 0.15) is 30.6 Å². The molecule has 1 unspecified atom stereocenters. The number of carbonyl (C=O) groups is 1. The maximum absolute atomic E-state index is 12.2. The quantitative estimate of drug-likeness (QED) is 0.824. The summed E-state index contributed by atoms with van der Waals surface area (Å²) in [5.41, 5.74) is -0.275. The van der Waals surface area contributed by atoms with E-state index in [4.69, 9.17) is 4.42 Å². The van der Waals surface area contributed by atoms with Crippen molar-refractivity contribution in [2.75, 3.05) is 6.61 Å². The van der Waals surface area contributed by atoms with E-state index in [0.29, 0.717) is 23.3 Å². The summed E-state index contributed by atoms with van der Waals surface area (Å²) in [5, 5.41) is 12.7. The molecule has 1 heterocycles. The Morgan fingerprint density at radius 3 is 2.71 bits per heavy atom. The van der Waals surface area contributed by atoms with Crippen LogP contribution in [0.4, 0.5) is 0 Å². The lowest BCUT2D eigenvalue weighted by Gasteiger charge is -2.17. The van der Waals surface area contributed by atoms with Crippen molar-refractivity contribution < 1.29 is 14.3 Å². The molecule has 2 N–H and O–H groups in total. The number of benzene rings is 1. The number of fused-ring (bicyclic) bond motifs is 1. The van der Waals surface area contributed by atoms with Crippen molar-refractivity contribution in [3.63, 3.8) is 0 Å². The predicted molar refractivity (Wildman–Crippen MR) is 80.3 cm³/mol. The summed E-state index contributed by atoms with van der Waals surface area (Å²) in [6.45, 7) is 3.83. The number of hydrogen-bond donors (Lipinski definition) is 2. The van der Waals surface area contributed by atoms with Gasteiger partial charge in [-0.15, -0.1) is 0 Å². The van der Waals surface area contributed by atoms with E-state index >= 15 is 0 Å². The minimum atomic E-state index is -0.674. The molecule has 21 heavy (non-hydrogen) atoms. The molecule has 0 bridgehead atoms. The zero-order valence-electron chi connectivity index (χ0n) is 12.1. The lowest BCUT2D eigenvalue weighted by molar-refractivity contribution is 0.0905. The number of aliphatic hydroxyl groups excluding tert-OH is 1. The largest absolute Gasteiger partial charge is 0.422 e. The van der Waals surface area contributed by atoms with Crippen LogP contribution in [0, 0.1) is 5.92 Å². The Bertz CT molecular complexity index is 690. The molecule has 0 aliphatic heterocycles. The molecule has 112 valence electrons. The molecule has 0 aliphatic rings. The van der Waals surface area contributed by atoms with E-state index in [1.807, 2.05) is 13.8 Å². The zero-order valence-corrected chi connectivity index (χ0v) is 12.1. The molecular formula is C16H19NO4. The van der Waals surface area contributed by atoms with Gasteiger partial charge in [0.15, 0.2) is 0 Å². The molecule has 0 spiro atoms. The molecule has 0 fully saturated rings. The zero-order chi connectivity index (χ0) is 15.4. The molecule has 2 aromatic rings. The predicted octanol–water partition coefficient (Wildman–Crippen LogP) is 1.93. The normalized spacial score (nSPS) is 12.6. The Kier molecular flexibility index (Phi) is 4.75. The Morgan fingerprint density at radius 2 is 2.05 bits per heavy atom. The third kappa shape index (κ3) is 3.70. The van der Waals surface area contributed by atoms with Gasteiger partial charge >= 0.3 is 5.63 Å². The maximum Gasteiger partial charge on any atom is 0.349 e. The SMILES string of the molecule is CC(C)CC(CO)NC(=O)c1cc2ccccc2oc1=O. The third-order valence-corrected chi connectivity index (χ3v) is 3.20. The van der Waals surface area contributed by atoms with E-state index in [2.05, 4.69) is 5.32 Å². The first-order valence-electron chi connectivity index (χ1n) is 6.96. The summed E-state index contributed by atoms with van der Waals surface area (Å²) in [4.78, 5) is 24.1. The summed E-state index contributed by atoms with van der Waals surface area (Å²) in [5.74, 6) is -0.190. The van der Waals surface area contributed by atoms with E-state index in [0.717, 1.165) is 0 Å². The van der Waals surface area contributed by atoms with Gasteiger partial charge in [-0.3, -0.25) is 4.79 Å². The fourth-order valence-electron chi connectivity index (χ4n) is 2.23. The summed E-state index contributed by atoms with van der Waals surface area (Å²) in [6, 6.07) is 8.15. The lowest BCUT2D eigenvalue weighted by Crippen LogP contribution is -2.40. The van der Waals surface area contributed by atoms with Gasteiger partial charge in [-0.1, -0.05) is 32.0 Å². The van der Waals surface area contributed by atoms with E-state index < -0.39 is 11.5 Å². The van der Waals surface area contributed by atoms with Crippen LogP contribution in [0.5, 0.6) is 0 Å². The third-order valence-electron chi connectivity index (χ3n) is 3.20. The average molecular weight is 289 g/mol. The van der Waals surface area contributed by atoms with E-state index in [1.54, 1.807) is 24.3 Å². The minimum absolute atomic E-state index is 0.0455. The van der Waals surface area contributed by atoms with Crippen LogP contribution in [-0.4, -0.2) is 23.7 Å². The van der Waals surface area contributed by atoms with Crippen molar-refractivity contribution in [2.24, 2.45) is 5.92 Å². The van der Waals surface area contributed by atoms with Crippen LogP contribution < -0.4 is 10.9 Å². The molecule has 0 aliphatic carbocycles. The molecule has 2 rings (SSSR count).